The highest BCUT2D eigenvalue weighted by Gasteiger charge is 2.25. The molecule has 0 saturated carbocycles. The van der Waals surface area contributed by atoms with E-state index in [0.29, 0.717) is 30.3 Å². The number of nitro benzene ring substituents is 1. The summed E-state index contributed by atoms with van der Waals surface area (Å²) in [6, 6.07) is 7.95. The van der Waals surface area contributed by atoms with Crippen LogP contribution in [0.3, 0.4) is 0 Å². The summed E-state index contributed by atoms with van der Waals surface area (Å²) in [5, 5.41) is 11.8. The highest BCUT2D eigenvalue weighted by molar-refractivity contribution is 7.90. The van der Waals surface area contributed by atoms with Crippen LogP contribution in [0.5, 0.6) is 0 Å². The van der Waals surface area contributed by atoms with Crippen molar-refractivity contribution >= 4 is 38.5 Å². The maximum Gasteiger partial charge on any atom is 0.288 e. The van der Waals surface area contributed by atoms with Crippen LogP contribution in [-0.2, 0) is 16.4 Å². The van der Waals surface area contributed by atoms with Gasteiger partial charge in [0, 0.05) is 63.1 Å². The van der Waals surface area contributed by atoms with Crippen LogP contribution in [0.1, 0.15) is 5.69 Å². The van der Waals surface area contributed by atoms with E-state index in [9.17, 15) is 18.5 Å². The van der Waals surface area contributed by atoms with Gasteiger partial charge in [-0.2, -0.15) is 0 Å². The van der Waals surface area contributed by atoms with E-state index in [1.165, 1.54) is 12.1 Å². The molecular formula is C19H20ClN5O4S. The molecule has 9 nitrogen and oxygen atoms in total. The van der Waals surface area contributed by atoms with Crippen molar-refractivity contribution in [1.29, 1.82) is 0 Å². The number of anilines is 1. The molecule has 3 heterocycles. The van der Waals surface area contributed by atoms with Crippen LogP contribution in [-0.4, -0.2) is 60.1 Å². The normalized spacial score (nSPS) is 15.6. The molecular weight excluding hydrogens is 430 g/mol. The number of aromatic nitrogens is 2. The summed E-state index contributed by atoms with van der Waals surface area (Å²) in [7, 11) is -3.71. The third-order valence-corrected chi connectivity index (χ3v) is 6.48. The molecule has 1 fully saturated rings. The lowest BCUT2D eigenvalue weighted by atomic mass is 10.2. The molecule has 0 bridgehead atoms. The van der Waals surface area contributed by atoms with Gasteiger partial charge in [0.1, 0.15) is 10.5 Å². The van der Waals surface area contributed by atoms with E-state index in [0.717, 1.165) is 30.7 Å². The van der Waals surface area contributed by atoms with Gasteiger partial charge in [0.05, 0.1) is 15.6 Å². The fourth-order valence-electron chi connectivity index (χ4n) is 3.63. The van der Waals surface area contributed by atoms with E-state index >= 15 is 0 Å². The van der Waals surface area contributed by atoms with E-state index in [1.807, 2.05) is 27.8 Å². The van der Waals surface area contributed by atoms with Crippen molar-refractivity contribution in [3.8, 4) is 0 Å². The minimum Gasteiger partial charge on any atom is -0.369 e. The molecule has 0 radical (unpaired) electrons. The second kappa shape index (κ2) is 7.86. The van der Waals surface area contributed by atoms with Crippen LogP contribution in [0.4, 0.5) is 11.4 Å². The van der Waals surface area contributed by atoms with Crippen molar-refractivity contribution in [2.75, 3.05) is 37.3 Å². The molecule has 158 valence electrons. The summed E-state index contributed by atoms with van der Waals surface area (Å²) < 4.78 is 25.9. The Balaban J connectivity index is 1.45. The summed E-state index contributed by atoms with van der Waals surface area (Å²) in [6.45, 7) is 3.59. The van der Waals surface area contributed by atoms with E-state index in [2.05, 4.69) is 9.88 Å². The Morgan fingerprint density at radius 2 is 1.87 bits per heavy atom. The van der Waals surface area contributed by atoms with Gasteiger partial charge in [0.25, 0.3) is 5.69 Å². The first-order chi connectivity index (χ1) is 14.2. The Morgan fingerprint density at radius 3 is 2.53 bits per heavy atom. The number of nitro groups is 1. The summed E-state index contributed by atoms with van der Waals surface area (Å²) in [6.07, 6.45) is 4.76. The smallest absolute Gasteiger partial charge is 0.288 e. The van der Waals surface area contributed by atoms with E-state index in [4.69, 9.17) is 11.6 Å². The number of pyridine rings is 1. The number of sulfone groups is 1. The summed E-state index contributed by atoms with van der Waals surface area (Å²) in [5.41, 5.74) is 2.06. The number of fused-ring (bicyclic) bond motifs is 1. The highest BCUT2D eigenvalue weighted by atomic mass is 35.5. The number of benzene rings is 1. The first-order valence-corrected chi connectivity index (χ1v) is 11.6. The Labute approximate surface area is 178 Å². The maximum atomic E-state index is 12.0. The van der Waals surface area contributed by atoms with Gasteiger partial charge in [-0.15, -0.1) is 0 Å². The van der Waals surface area contributed by atoms with Gasteiger partial charge in [-0.3, -0.25) is 15.0 Å². The lowest BCUT2D eigenvalue weighted by Crippen LogP contribution is -2.46. The molecule has 11 heteroatoms. The average molecular weight is 450 g/mol. The minimum absolute atomic E-state index is 0.254. The summed E-state index contributed by atoms with van der Waals surface area (Å²) >= 11 is 6.02. The summed E-state index contributed by atoms with van der Waals surface area (Å²) in [5.74, 6) is 0. The molecule has 1 saturated heterocycles. The van der Waals surface area contributed by atoms with Crippen LogP contribution in [0, 0.1) is 10.1 Å². The molecule has 2 aromatic heterocycles. The topological polar surface area (TPSA) is 101 Å². The molecule has 0 N–H and O–H groups in total. The van der Waals surface area contributed by atoms with E-state index in [-0.39, 0.29) is 4.90 Å². The number of piperazine rings is 1. The number of hydrogen-bond donors (Lipinski definition) is 0. The van der Waals surface area contributed by atoms with Crippen molar-refractivity contribution in [2.45, 2.75) is 11.4 Å². The predicted octanol–water partition coefficient (Wildman–Crippen LogP) is 2.62. The molecule has 4 rings (SSSR count). The Hall–Kier alpha value is -2.69. The van der Waals surface area contributed by atoms with Gasteiger partial charge in [-0.1, -0.05) is 11.6 Å². The molecule has 0 spiro atoms. The van der Waals surface area contributed by atoms with Crippen LogP contribution in [0.15, 0.2) is 47.6 Å². The van der Waals surface area contributed by atoms with Gasteiger partial charge in [0.2, 0.25) is 0 Å². The lowest BCUT2D eigenvalue weighted by Gasteiger charge is -2.35. The zero-order valence-corrected chi connectivity index (χ0v) is 17.8. The molecule has 30 heavy (non-hydrogen) atoms. The van der Waals surface area contributed by atoms with Gasteiger partial charge in [-0.05, 0) is 24.3 Å². The Morgan fingerprint density at radius 1 is 1.13 bits per heavy atom. The van der Waals surface area contributed by atoms with Gasteiger partial charge < -0.3 is 9.30 Å². The van der Waals surface area contributed by atoms with Crippen LogP contribution in [0.25, 0.3) is 5.65 Å². The van der Waals surface area contributed by atoms with Crippen LogP contribution in [0.2, 0.25) is 5.02 Å². The number of imidazole rings is 1. The number of hydrogen-bond acceptors (Lipinski definition) is 7. The van der Waals surface area contributed by atoms with Gasteiger partial charge in [0.15, 0.2) is 9.84 Å². The Bertz CT molecular complexity index is 1220. The standard InChI is InChI=1S/C19H20ClN5O4S/c1-30(28,29)18-10-16(3-4-17(18)25(26)27)23-8-6-22(7-9-23)12-15-13-24-11-14(20)2-5-19(24)21-15/h2-5,10-11,13H,6-9,12H2,1H3. The third-order valence-electron chi connectivity index (χ3n) is 5.13. The second-order valence-electron chi connectivity index (χ2n) is 7.29. The van der Waals surface area contributed by atoms with Gasteiger partial charge >= 0.3 is 0 Å². The molecule has 1 aromatic carbocycles. The van der Waals surface area contributed by atoms with Crippen molar-refractivity contribution in [2.24, 2.45) is 0 Å². The quantitative estimate of drug-likeness (QED) is 0.436. The first kappa shape index (κ1) is 20.6. The highest BCUT2D eigenvalue weighted by Crippen LogP contribution is 2.29. The van der Waals surface area contributed by atoms with Crippen molar-refractivity contribution in [3.05, 3.63) is 63.6 Å². The SMILES string of the molecule is CS(=O)(=O)c1cc(N2CCN(Cc3cn4cc(Cl)ccc4n3)CC2)ccc1[N+](=O)[O-]. The molecule has 0 aliphatic carbocycles. The molecule has 0 unspecified atom stereocenters. The first-order valence-electron chi connectivity index (χ1n) is 9.30. The summed E-state index contributed by atoms with van der Waals surface area (Å²) in [4.78, 5) is 19.2. The zero-order valence-electron chi connectivity index (χ0n) is 16.2. The maximum absolute atomic E-state index is 12.0. The monoisotopic (exact) mass is 449 g/mol. The predicted molar refractivity (Wildman–Crippen MR) is 114 cm³/mol. The number of nitrogens with zero attached hydrogens (tertiary/aromatic N) is 5. The van der Waals surface area contributed by atoms with Gasteiger partial charge in [-0.25, -0.2) is 13.4 Å². The minimum atomic E-state index is -3.71. The largest absolute Gasteiger partial charge is 0.369 e. The fraction of sp³-hybridized carbons (Fsp3) is 0.316. The average Bonchev–Trinajstić information content (AvgIpc) is 3.08. The lowest BCUT2D eigenvalue weighted by molar-refractivity contribution is -0.387. The molecule has 3 aromatic rings. The van der Waals surface area contributed by atoms with Crippen LogP contribution < -0.4 is 4.90 Å². The van der Waals surface area contributed by atoms with Crippen molar-refractivity contribution in [3.63, 3.8) is 0 Å². The van der Waals surface area contributed by atoms with E-state index in [1.54, 1.807) is 12.1 Å². The molecule has 1 aliphatic heterocycles. The van der Waals surface area contributed by atoms with E-state index < -0.39 is 20.4 Å². The molecule has 0 amide bonds. The van der Waals surface area contributed by atoms with Crippen molar-refractivity contribution < 1.29 is 13.3 Å². The number of rotatable bonds is 5. The molecule has 0 atom stereocenters. The Kier molecular flexibility index (Phi) is 5.39. The third kappa shape index (κ3) is 4.25. The fourth-order valence-corrected chi connectivity index (χ4v) is 4.66. The second-order valence-corrected chi connectivity index (χ2v) is 9.71. The molecule has 1 aliphatic rings. The zero-order chi connectivity index (χ0) is 21.5. The van der Waals surface area contributed by atoms with Crippen molar-refractivity contribution in [1.82, 2.24) is 14.3 Å². The number of halogens is 1. The van der Waals surface area contributed by atoms with Crippen LogP contribution >= 0.6 is 11.6 Å².